The number of carbonyl (C=O) groups is 2. The second-order valence-corrected chi connectivity index (χ2v) is 10.5. The van der Waals surface area contributed by atoms with Crippen molar-refractivity contribution < 1.29 is 28.5 Å². The Morgan fingerprint density at radius 3 is 2.40 bits per heavy atom. The fourth-order valence-electron chi connectivity index (χ4n) is 5.49. The number of hydrogen-bond donors (Lipinski definition) is 3. The van der Waals surface area contributed by atoms with Gasteiger partial charge in [-0.1, -0.05) is 24.5 Å². The number of unbranched alkanes of at least 4 members (excludes halogenated alkanes) is 3. The standard InChI is InChI=1S/C26H45N3O6/c1-18(2)10-11-20-25(3,35-20)23-22(32-5)19(12-13-26(23)17-33-26)34-24(31)29-15-9-7-6-8-14-28-21(30)16-27-4/h10,19-20,22-23,27H,6-9,11-17H2,1-5H3,(H,28,30)(H,29,31)/t19?,20-,22?,23?,25+,26+/m1/s1. The lowest BCUT2D eigenvalue weighted by atomic mass is 9.68. The minimum atomic E-state index is -0.397. The molecule has 1 aliphatic carbocycles. The van der Waals surface area contributed by atoms with E-state index in [1.807, 2.05) is 0 Å². The van der Waals surface area contributed by atoms with Gasteiger partial charge >= 0.3 is 6.09 Å². The van der Waals surface area contributed by atoms with Crippen molar-refractivity contribution in [1.29, 1.82) is 0 Å². The van der Waals surface area contributed by atoms with Gasteiger partial charge in [0.15, 0.2) is 0 Å². The Bertz CT molecular complexity index is 751. The van der Waals surface area contributed by atoms with Gasteiger partial charge in [-0.15, -0.1) is 0 Å². The molecule has 3 N–H and O–H groups in total. The first-order chi connectivity index (χ1) is 16.8. The lowest BCUT2D eigenvalue weighted by Crippen LogP contribution is -2.56. The zero-order valence-electron chi connectivity index (χ0n) is 22.1. The maximum atomic E-state index is 12.5. The molecule has 200 valence electrons. The number of alkyl carbamates (subject to hydrolysis) is 1. The van der Waals surface area contributed by atoms with Crippen molar-refractivity contribution in [3.05, 3.63) is 11.6 Å². The van der Waals surface area contributed by atoms with Crippen molar-refractivity contribution in [2.24, 2.45) is 5.92 Å². The van der Waals surface area contributed by atoms with Crippen LogP contribution in [-0.4, -0.2) is 81.9 Å². The minimum absolute atomic E-state index is 0.0149. The summed E-state index contributed by atoms with van der Waals surface area (Å²) in [7, 11) is 3.44. The van der Waals surface area contributed by atoms with E-state index in [1.165, 1.54) is 5.57 Å². The summed E-state index contributed by atoms with van der Waals surface area (Å²) < 4.78 is 24.0. The molecule has 0 aromatic heterocycles. The molecular formula is C26H45N3O6. The third-order valence-corrected chi connectivity index (χ3v) is 7.53. The molecule has 6 atom stereocenters. The number of nitrogens with one attached hydrogen (secondary N) is 3. The lowest BCUT2D eigenvalue weighted by Gasteiger charge is -2.42. The number of allylic oxidation sites excluding steroid dienone is 1. The second kappa shape index (κ2) is 12.5. The first-order valence-electron chi connectivity index (χ1n) is 13.1. The molecule has 2 amide bonds. The first-order valence-corrected chi connectivity index (χ1v) is 13.1. The Morgan fingerprint density at radius 1 is 1.11 bits per heavy atom. The van der Waals surface area contributed by atoms with Gasteiger partial charge in [0, 0.05) is 20.2 Å². The Morgan fingerprint density at radius 2 is 1.80 bits per heavy atom. The fourth-order valence-corrected chi connectivity index (χ4v) is 5.49. The van der Waals surface area contributed by atoms with E-state index in [2.05, 4.69) is 42.8 Å². The largest absolute Gasteiger partial charge is 0.443 e. The third kappa shape index (κ3) is 7.41. The van der Waals surface area contributed by atoms with Gasteiger partial charge in [0.25, 0.3) is 0 Å². The monoisotopic (exact) mass is 495 g/mol. The number of rotatable bonds is 14. The van der Waals surface area contributed by atoms with Gasteiger partial charge < -0.3 is 34.9 Å². The molecule has 3 unspecified atom stereocenters. The molecule has 3 rings (SSSR count). The number of likely N-dealkylation sites (N-methyl/N-ethyl adjacent to an activating group) is 1. The first kappa shape index (κ1) is 27.9. The van der Waals surface area contributed by atoms with Gasteiger partial charge in [0.1, 0.15) is 23.4 Å². The predicted octanol–water partition coefficient (Wildman–Crippen LogP) is 2.69. The molecule has 1 saturated carbocycles. The van der Waals surface area contributed by atoms with E-state index >= 15 is 0 Å². The Hall–Kier alpha value is -1.68. The lowest BCUT2D eigenvalue weighted by molar-refractivity contribution is -0.120. The van der Waals surface area contributed by atoms with E-state index in [0.717, 1.165) is 44.9 Å². The van der Waals surface area contributed by atoms with E-state index in [0.29, 0.717) is 26.2 Å². The van der Waals surface area contributed by atoms with Crippen LogP contribution in [0.4, 0.5) is 4.79 Å². The number of carbonyl (C=O) groups excluding carboxylic acids is 2. The molecule has 3 aliphatic rings. The van der Waals surface area contributed by atoms with Crippen molar-refractivity contribution in [3.63, 3.8) is 0 Å². The molecule has 2 aliphatic heterocycles. The predicted molar refractivity (Wildman–Crippen MR) is 133 cm³/mol. The van der Waals surface area contributed by atoms with Crippen LogP contribution in [0.25, 0.3) is 0 Å². The van der Waals surface area contributed by atoms with Gasteiger partial charge in [0.05, 0.1) is 25.2 Å². The molecule has 35 heavy (non-hydrogen) atoms. The van der Waals surface area contributed by atoms with Crippen molar-refractivity contribution in [3.8, 4) is 0 Å². The van der Waals surface area contributed by atoms with Crippen molar-refractivity contribution in [2.75, 3.05) is 40.4 Å². The normalized spacial score (nSPS) is 33.2. The Balaban J connectivity index is 1.40. The summed E-state index contributed by atoms with van der Waals surface area (Å²) in [6.45, 7) is 8.64. The molecule has 2 saturated heterocycles. The molecular weight excluding hydrogens is 450 g/mol. The minimum Gasteiger partial charge on any atom is -0.443 e. The highest BCUT2D eigenvalue weighted by Gasteiger charge is 2.72. The van der Waals surface area contributed by atoms with Crippen LogP contribution < -0.4 is 16.0 Å². The van der Waals surface area contributed by atoms with Gasteiger partial charge in [-0.2, -0.15) is 0 Å². The van der Waals surface area contributed by atoms with Crippen LogP contribution in [0.1, 0.15) is 65.7 Å². The molecule has 1 spiro atoms. The molecule has 9 nitrogen and oxygen atoms in total. The highest BCUT2D eigenvalue weighted by atomic mass is 16.6. The third-order valence-electron chi connectivity index (χ3n) is 7.53. The summed E-state index contributed by atoms with van der Waals surface area (Å²) in [5, 5.41) is 8.58. The van der Waals surface area contributed by atoms with E-state index in [-0.39, 0.29) is 41.3 Å². The molecule has 0 radical (unpaired) electrons. The average Bonchev–Trinajstić information content (AvgIpc) is 3.72. The van der Waals surface area contributed by atoms with Crippen LogP contribution in [0.3, 0.4) is 0 Å². The average molecular weight is 496 g/mol. The van der Waals surface area contributed by atoms with Crippen LogP contribution in [0.5, 0.6) is 0 Å². The molecule has 0 aromatic carbocycles. The van der Waals surface area contributed by atoms with E-state index in [1.54, 1.807) is 14.2 Å². The maximum Gasteiger partial charge on any atom is 0.407 e. The molecule has 2 heterocycles. The number of epoxide rings is 2. The fraction of sp³-hybridized carbons (Fsp3) is 0.846. The number of hydrogen-bond acceptors (Lipinski definition) is 7. The van der Waals surface area contributed by atoms with Gasteiger partial charge in [0.2, 0.25) is 5.91 Å². The summed E-state index contributed by atoms with van der Waals surface area (Å²) in [6, 6.07) is 0. The van der Waals surface area contributed by atoms with Crippen molar-refractivity contribution in [1.82, 2.24) is 16.0 Å². The highest BCUT2D eigenvalue weighted by Crippen LogP contribution is 2.59. The van der Waals surface area contributed by atoms with Crippen molar-refractivity contribution in [2.45, 2.75) is 95.2 Å². The maximum absolute atomic E-state index is 12.5. The number of amides is 2. The quantitative estimate of drug-likeness (QED) is 0.193. The Labute approximate surface area is 210 Å². The van der Waals surface area contributed by atoms with Gasteiger partial charge in [-0.3, -0.25) is 4.79 Å². The smallest absolute Gasteiger partial charge is 0.407 e. The van der Waals surface area contributed by atoms with Crippen molar-refractivity contribution >= 4 is 12.0 Å². The van der Waals surface area contributed by atoms with Gasteiger partial charge in [-0.25, -0.2) is 4.79 Å². The van der Waals surface area contributed by atoms with E-state index < -0.39 is 6.09 Å². The summed E-state index contributed by atoms with van der Waals surface area (Å²) in [6.07, 6.45) is 7.56. The number of methoxy groups -OCH3 is 1. The zero-order valence-corrected chi connectivity index (χ0v) is 22.1. The van der Waals surface area contributed by atoms with Crippen LogP contribution >= 0.6 is 0 Å². The summed E-state index contributed by atoms with van der Waals surface area (Å²) >= 11 is 0. The molecule has 0 bridgehead atoms. The molecule has 0 aromatic rings. The summed E-state index contributed by atoms with van der Waals surface area (Å²) in [5.41, 5.74) is 0.716. The van der Waals surface area contributed by atoms with Crippen LogP contribution in [0.2, 0.25) is 0 Å². The van der Waals surface area contributed by atoms with Crippen LogP contribution in [0.15, 0.2) is 11.6 Å². The zero-order chi connectivity index (χ0) is 25.5. The van der Waals surface area contributed by atoms with Gasteiger partial charge in [-0.05, 0) is 59.9 Å². The summed E-state index contributed by atoms with van der Waals surface area (Å²) in [5.74, 6) is 0.0387. The van der Waals surface area contributed by atoms with Crippen LogP contribution in [0, 0.1) is 5.92 Å². The summed E-state index contributed by atoms with van der Waals surface area (Å²) in [4.78, 5) is 23.9. The molecule has 3 fully saturated rings. The Kier molecular flexibility index (Phi) is 9.98. The highest BCUT2D eigenvalue weighted by molar-refractivity contribution is 5.77. The van der Waals surface area contributed by atoms with E-state index in [4.69, 9.17) is 18.9 Å². The van der Waals surface area contributed by atoms with E-state index in [9.17, 15) is 9.59 Å². The van der Waals surface area contributed by atoms with Crippen LogP contribution in [-0.2, 0) is 23.7 Å². The molecule has 9 heteroatoms. The number of ether oxygens (including phenoxy) is 4. The second-order valence-electron chi connectivity index (χ2n) is 10.5. The SMILES string of the molecule is CNCC(=O)NCCCCCCNC(=O)OC1CC[C@]2(CO2)C([C@@]2(C)O[C@@H]2CC=C(C)C)C1OC. The topological polar surface area (TPSA) is 114 Å².